The molecule has 1 aliphatic rings. The van der Waals surface area contributed by atoms with Crippen LogP contribution in [0.1, 0.15) is 143 Å². The summed E-state index contributed by atoms with van der Waals surface area (Å²) < 4.78 is 16.7. The average Bonchev–Trinajstić information content (AvgIpc) is 3.27. The monoisotopic (exact) mass is 924 g/mol. The van der Waals surface area contributed by atoms with Gasteiger partial charge in [-0.1, -0.05) is 117 Å². The number of ether oxygens (including phenoxy) is 3. The minimum atomic E-state index is -1.67. The number of Topliss-reactive ketones (excluding diaryl/α,β-unsaturated/α-hetero) is 1. The van der Waals surface area contributed by atoms with Gasteiger partial charge in [0, 0.05) is 31.5 Å². The Morgan fingerprint density at radius 3 is 1.95 bits per heavy atom. The predicted octanol–water partition coefficient (Wildman–Crippen LogP) is 4.31. The molecule has 1 fully saturated rings. The standard InChI is InChI=1S/C47H81N5O13/c1-6-7-8-9-10-11-12-13-14-15-16-17-19-31(4)40(56)36(29-63-45-43(59)42(58)41(57)38(27-53)65-45)52-47(62)64-28-33-21-23-35(24-22-33)51-44(60)34(20-18-25-49-46(48)61)26-37(55)39(30(2)3)50-32(5)54/h21-24,30-31,34,36,38-43,45,53,56-59H,6-20,25-29H2,1-5H3,(H,50,54)(H,51,60)(H,52,62)(H3,48,49,61)/t31-,34-,36?,38?,39+,40-,41+,42+,43?,45+/m1/s1. The van der Waals surface area contributed by atoms with E-state index in [1.54, 1.807) is 38.1 Å². The highest BCUT2D eigenvalue weighted by Crippen LogP contribution is 2.25. The molecule has 1 aliphatic heterocycles. The highest BCUT2D eigenvalue weighted by atomic mass is 16.7. The van der Waals surface area contributed by atoms with E-state index < -0.39 is 79.4 Å². The largest absolute Gasteiger partial charge is 0.445 e. The number of ketones is 1. The number of urea groups is 1. The highest BCUT2D eigenvalue weighted by Gasteiger charge is 2.44. The van der Waals surface area contributed by atoms with Crippen molar-refractivity contribution in [3.05, 3.63) is 29.8 Å². The molecule has 18 nitrogen and oxygen atoms in total. The molecule has 372 valence electrons. The molecule has 0 aliphatic carbocycles. The van der Waals surface area contributed by atoms with Gasteiger partial charge in [-0.2, -0.15) is 0 Å². The van der Waals surface area contributed by atoms with Gasteiger partial charge in [0.2, 0.25) is 11.8 Å². The third-order valence-electron chi connectivity index (χ3n) is 11.9. The van der Waals surface area contributed by atoms with Crippen LogP contribution < -0.4 is 27.0 Å². The molecule has 3 unspecified atom stereocenters. The summed E-state index contributed by atoms with van der Waals surface area (Å²) in [7, 11) is 0. The lowest BCUT2D eigenvalue weighted by Crippen LogP contribution is -2.60. The molecule has 65 heavy (non-hydrogen) atoms. The van der Waals surface area contributed by atoms with Crippen LogP contribution in [-0.4, -0.2) is 124 Å². The fraction of sp³-hybridized carbons (Fsp3) is 0.766. The van der Waals surface area contributed by atoms with Gasteiger partial charge in [0.05, 0.1) is 31.4 Å². The molecular formula is C47H81N5O13. The van der Waals surface area contributed by atoms with Crippen LogP contribution in [-0.2, 0) is 35.2 Å². The molecule has 11 N–H and O–H groups in total. The maximum Gasteiger partial charge on any atom is 0.407 e. The van der Waals surface area contributed by atoms with E-state index in [9.17, 15) is 49.5 Å². The molecule has 5 amide bonds. The molecule has 0 spiro atoms. The summed E-state index contributed by atoms with van der Waals surface area (Å²) in [4.78, 5) is 62.8. The van der Waals surface area contributed by atoms with E-state index in [1.807, 2.05) is 6.92 Å². The quantitative estimate of drug-likeness (QED) is 0.0441. The zero-order chi connectivity index (χ0) is 48.3. The van der Waals surface area contributed by atoms with Crippen molar-refractivity contribution in [1.29, 1.82) is 0 Å². The molecule has 0 aromatic heterocycles. The third-order valence-corrected chi connectivity index (χ3v) is 11.9. The van der Waals surface area contributed by atoms with Crippen LogP contribution in [0.15, 0.2) is 24.3 Å². The van der Waals surface area contributed by atoms with E-state index in [-0.39, 0.29) is 56.1 Å². The summed E-state index contributed by atoms with van der Waals surface area (Å²) in [5.41, 5.74) is 6.14. The molecular weight excluding hydrogens is 843 g/mol. The number of benzene rings is 1. The van der Waals surface area contributed by atoms with Crippen molar-refractivity contribution < 1.29 is 63.7 Å². The maximum absolute atomic E-state index is 13.5. The number of primary amides is 1. The number of anilines is 1. The van der Waals surface area contributed by atoms with Gasteiger partial charge < -0.3 is 66.7 Å². The number of carbonyl (C=O) groups is 5. The van der Waals surface area contributed by atoms with Gasteiger partial charge in [0.25, 0.3) is 0 Å². The van der Waals surface area contributed by atoms with Crippen LogP contribution in [0.5, 0.6) is 0 Å². The number of rotatable bonds is 33. The van der Waals surface area contributed by atoms with Gasteiger partial charge in [-0.15, -0.1) is 0 Å². The fourth-order valence-electron chi connectivity index (χ4n) is 7.87. The zero-order valence-electron chi connectivity index (χ0n) is 39.4. The second-order valence-corrected chi connectivity index (χ2v) is 17.9. The molecule has 0 saturated carbocycles. The summed E-state index contributed by atoms with van der Waals surface area (Å²) in [5.74, 6) is -2.36. The first-order valence-corrected chi connectivity index (χ1v) is 23.7. The smallest absolute Gasteiger partial charge is 0.407 e. The van der Waals surface area contributed by atoms with Crippen molar-refractivity contribution in [2.75, 3.05) is 25.1 Å². The highest BCUT2D eigenvalue weighted by molar-refractivity contribution is 5.97. The number of nitrogens with two attached hydrogens (primary N) is 1. The van der Waals surface area contributed by atoms with E-state index in [2.05, 4.69) is 28.2 Å². The van der Waals surface area contributed by atoms with E-state index in [4.69, 9.17) is 19.9 Å². The van der Waals surface area contributed by atoms with E-state index in [0.29, 0.717) is 24.1 Å². The summed E-state index contributed by atoms with van der Waals surface area (Å²) in [6, 6.07) is 3.96. The number of amides is 5. The maximum atomic E-state index is 13.5. The fourth-order valence-corrected chi connectivity index (χ4v) is 7.87. The Morgan fingerprint density at radius 2 is 1.40 bits per heavy atom. The molecule has 0 radical (unpaired) electrons. The van der Waals surface area contributed by atoms with Crippen molar-refractivity contribution in [2.45, 2.75) is 193 Å². The first-order valence-electron chi connectivity index (χ1n) is 23.7. The molecule has 1 aromatic rings. The van der Waals surface area contributed by atoms with Gasteiger partial charge in [0.1, 0.15) is 31.0 Å². The normalized spacial score (nSPS) is 20.8. The van der Waals surface area contributed by atoms with Crippen LogP contribution in [0.2, 0.25) is 0 Å². The Kier molecular flexibility index (Phi) is 28.1. The average molecular weight is 924 g/mol. The Labute approximate surface area is 385 Å². The summed E-state index contributed by atoms with van der Waals surface area (Å²) in [6.45, 7) is 8.01. The van der Waals surface area contributed by atoms with Crippen molar-refractivity contribution in [3.8, 4) is 0 Å². The second kappa shape index (κ2) is 31.9. The number of aliphatic hydroxyl groups is 5. The number of unbranched alkanes of at least 4 members (excludes halogenated alkanes) is 11. The van der Waals surface area contributed by atoms with Gasteiger partial charge in [-0.25, -0.2) is 9.59 Å². The first kappa shape index (κ1) is 57.2. The van der Waals surface area contributed by atoms with Crippen LogP contribution in [0, 0.1) is 17.8 Å². The van der Waals surface area contributed by atoms with Gasteiger partial charge in [-0.05, 0) is 48.8 Å². The molecule has 1 heterocycles. The molecule has 18 heteroatoms. The zero-order valence-corrected chi connectivity index (χ0v) is 39.4. The van der Waals surface area contributed by atoms with Gasteiger partial charge in [-0.3, -0.25) is 14.4 Å². The number of nitrogens with one attached hydrogen (secondary N) is 4. The van der Waals surface area contributed by atoms with E-state index in [1.165, 1.54) is 58.3 Å². The van der Waals surface area contributed by atoms with Crippen molar-refractivity contribution in [3.63, 3.8) is 0 Å². The molecule has 1 saturated heterocycles. The number of alkyl carbamates (subject to hydrolysis) is 1. The van der Waals surface area contributed by atoms with Crippen LogP contribution in [0.3, 0.4) is 0 Å². The lowest BCUT2D eigenvalue weighted by molar-refractivity contribution is -0.303. The second-order valence-electron chi connectivity index (χ2n) is 17.9. The van der Waals surface area contributed by atoms with Crippen LogP contribution in [0.4, 0.5) is 15.3 Å². The molecule has 0 bridgehead atoms. The topological polar surface area (TPSA) is 288 Å². The molecule has 1 aromatic carbocycles. The minimum Gasteiger partial charge on any atom is -0.445 e. The first-order chi connectivity index (χ1) is 31.0. The van der Waals surface area contributed by atoms with Crippen molar-refractivity contribution in [1.82, 2.24) is 16.0 Å². The lowest BCUT2D eigenvalue weighted by atomic mass is 9.89. The minimum absolute atomic E-state index is 0.145. The van der Waals surface area contributed by atoms with Crippen LogP contribution >= 0.6 is 0 Å². The van der Waals surface area contributed by atoms with E-state index in [0.717, 1.165) is 25.7 Å². The third kappa shape index (κ3) is 22.4. The lowest BCUT2D eigenvalue weighted by Gasteiger charge is -2.40. The van der Waals surface area contributed by atoms with Crippen molar-refractivity contribution >= 4 is 35.4 Å². The SMILES string of the molecule is CCCCCCCCCCCCCC[C@@H](C)[C@@H](O)C(CO[C@H]1OC(CO)[C@H](O)[C@H](O)C1O)NC(=O)OCc1ccc(NC(=O)[C@H](CCCNC(N)=O)CC(=O)[C@@H](NC(C)=O)C(C)C)cc1. The van der Waals surface area contributed by atoms with Crippen molar-refractivity contribution in [2.24, 2.45) is 23.5 Å². The summed E-state index contributed by atoms with van der Waals surface area (Å²) >= 11 is 0. The molecule has 2 rings (SSSR count). The summed E-state index contributed by atoms with van der Waals surface area (Å²) in [5, 5.41) is 62.6. The molecule has 10 atom stereocenters. The predicted molar refractivity (Wildman–Crippen MR) is 245 cm³/mol. The Morgan fingerprint density at radius 1 is 0.800 bits per heavy atom. The van der Waals surface area contributed by atoms with E-state index >= 15 is 0 Å². The Bertz CT molecular complexity index is 1530. The Hall–Kier alpha value is -3.91. The van der Waals surface area contributed by atoms with Crippen LogP contribution in [0.25, 0.3) is 0 Å². The number of hydrogen-bond acceptors (Lipinski definition) is 13. The summed E-state index contributed by atoms with van der Waals surface area (Å²) in [6.07, 6.45) is 5.93. The van der Waals surface area contributed by atoms with Gasteiger partial charge in [0.15, 0.2) is 12.1 Å². The van der Waals surface area contributed by atoms with Gasteiger partial charge >= 0.3 is 12.1 Å². The Balaban J connectivity index is 2.03. The number of hydrogen-bond donors (Lipinski definition) is 10. The number of carbonyl (C=O) groups excluding carboxylic acids is 5. The number of aliphatic hydroxyl groups excluding tert-OH is 5.